The number of aromatic amines is 1. The van der Waals surface area contributed by atoms with Crippen LogP contribution in [-0.4, -0.2) is 54.3 Å². The lowest BCUT2D eigenvalue weighted by Gasteiger charge is -2.35. The van der Waals surface area contributed by atoms with E-state index >= 15 is 0 Å². The minimum Gasteiger partial charge on any atom is -0.378 e. The van der Waals surface area contributed by atoms with Gasteiger partial charge >= 0.3 is 0 Å². The number of pyridine rings is 1. The van der Waals surface area contributed by atoms with Gasteiger partial charge in [-0.25, -0.2) is 14.2 Å². The van der Waals surface area contributed by atoms with Gasteiger partial charge in [-0.1, -0.05) is 19.1 Å². The van der Waals surface area contributed by atoms with E-state index in [1.54, 1.807) is 6.33 Å². The van der Waals surface area contributed by atoms with Gasteiger partial charge in [0.1, 0.15) is 16.9 Å². The molecule has 0 bridgehead atoms. The van der Waals surface area contributed by atoms with Crippen LogP contribution in [-0.2, 0) is 4.74 Å². The molecule has 2 aliphatic rings. The first kappa shape index (κ1) is 24.0. The van der Waals surface area contributed by atoms with E-state index in [4.69, 9.17) is 4.74 Å². The van der Waals surface area contributed by atoms with E-state index in [1.165, 1.54) is 48.6 Å². The highest BCUT2D eigenvalue weighted by Gasteiger charge is 2.36. The van der Waals surface area contributed by atoms with Gasteiger partial charge in [-0.05, 0) is 67.7 Å². The first-order valence-electron chi connectivity index (χ1n) is 13.6. The highest BCUT2D eigenvalue weighted by molar-refractivity contribution is 7.19. The number of aryl methyl sites for hydroxylation is 2. The molecule has 1 saturated carbocycles. The van der Waals surface area contributed by atoms with Crippen LogP contribution >= 0.6 is 11.3 Å². The third kappa shape index (κ3) is 3.65. The molecule has 0 spiro atoms. The lowest BCUT2D eigenvalue weighted by Crippen LogP contribution is -2.34. The minimum absolute atomic E-state index is 0.148. The van der Waals surface area contributed by atoms with Crippen LogP contribution in [0.3, 0.4) is 0 Å². The zero-order chi connectivity index (χ0) is 26.1. The Kier molecular flexibility index (Phi) is 5.68. The SMILES string of the molecule is Cc1c(-c2[nH]c3sc([C@H]4C[C@H](n5cc(C6COCCN6)nn5)C4)c(C)c3c2C(C)C)cn2ncnc2c1C. The van der Waals surface area contributed by atoms with Crippen molar-refractivity contribution in [2.75, 3.05) is 19.8 Å². The number of fused-ring (bicyclic) bond motifs is 2. The van der Waals surface area contributed by atoms with Gasteiger partial charge in [-0.3, -0.25) is 0 Å². The molecule has 1 aliphatic heterocycles. The van der Waals surface area contributed by atoms with Crippen molar-refractivity contribution in [2.24, 2.45) is 0 Å². The summed E-state index contributed by atoms with van der Waals surface area (Å²) in [5.41, 5.74) is 9.59. The first-order chi connectivity index (χ1) is 18.4. The predicted molar refractivity (Wildman–Crippen MR) is 149 cm³/mol. The third-order valence-corrected chi connectivity index (χ3v) is 9.97. The lowest BCUT2D eigenvalue weighted by atomic mass is 9.78. The summed E-state index contributed by atoms with van der Waals surface area (Å²) in [5.74, 6) is 0.958. The highest BCUT2D eigenvalue weighted by atomic mass is 32.1. The van der Waals surface area contributed by atoms with E-state index in [0.29, 0.717) is 24.5 Å². The number of morpholine rings is 1. The van der Waals surface area contributed by atoms with Crippen molar-refractivity contribution in [1.82, 2.24) is 39.9 Å². The van der Waals surface area contributed by atoms with E-state index < -0.39 is 0 Å². The van der Waals surface area contributed by atoms with Gasteiger partial charge in [-0.2, -0.15) is 5.10 Å². The number of H-pyrrole nitrogens is 1. The van der Waals surface area contributed by atoms with E-state index in [-0.39, 0.29) is 6.04 Å². The van der Waals surface area contributed by atoms with Crippen molar-refractivity contribution in [3.05, 3.63) is 51.5 Å². The molecule has 1 atom stereocenters. The summed E-state index contributed by atoms with van der Waals surface area (Å²) >= 11 is 1.93. The summed E-state index contributed by atoms with van der Waals surface area (Å²) in [5, 5.41) is 18.2. The molecule has 0 radical (unpaired) electrons. The lowest BCUT2D eigenvalue weighted by molar-refractivity contribution is 0.0755. The van der Waals surface area contributed by atoms with E-state index in [0.717, 1.165) is 37.3 Å². The van der Waals surface area contributed by atoms with Gasteiger partial charge < -0.3 is 15.0 Å². The van der Waals surface area contributed by atoms with Crippen LogP contribution in [0, 0.1) is 20.8 Å². The average Bonchev–Trinajstić information content (AvgIpc) is 3.67. The summed E-state index contributed by atoms with van der Waals surface area (Å²) in [6.07, 6.45) is 8.07. The van der Waals surface area contributed by atoms with Crippen LogP contribution < -0.4 is 5.32 Å². The molecular formula is C28H34N8OS. The van der Waals surface area contributed by atoms with Crippen molar-refractivity contribution < 1.29 is 4.74 Å². The Labute approximate surface area is 225 Å². The first-order valence-corrected chi connectivity index (χ1v) is 14.4. The minimum atomic E-state index is 0.148. The molecule has 9 nitrogen and oxygen atoms in total. The Morgan fingerprint density at radius 3 is 2.71 bits per heavy atom. The van der Waals surface area contributed by atoms with E-state index in [2.05, 4.69) is 82.4 Å². The number of nitrogens with one attached hydrogen (secondary N) is 2. The number of nitrogens with zero attached hydrogens (tertiary/aromatic N) is 6. The Morgan fingerprint density at radius 1 is 1.11 bits per heavy atom. The second-order valence-corrected chi connectivity index (χ2v) is 12.3. The molecular weight excluding hydrogens is 496 g/mol. The molecule has 0 amide bonds. The zero-order valence-corrected chi connectivity index (χ0v) is 23.4. The molecule has 7 rings (SSSR count). The molecule has 5 aromatic heterocycles. The fourth-order valence-electron chi connectivity index (χ4n) is 6.28. The van der Waals surface area contributed by atoms with Crippen LogP contribution in [0.2, 0.25) is 0 Å². The van der Waals surface area contributed by atoms with Gasteiger partial charge in [0.05, 0.1) is 37.2 Å². The number of rotatable bonds is 5. The van der Waals surface area contributed by atoms with Gasteiger partial charge in [-0.15, -0.1) is 16.4 Å². The summed E-state index contributed by atoms with van der Waals surface area (Å²) in [6.45, 7) is 13.5. The molecule has 1 unspecified atom stereocenters. The van der Waals surface area contributed by atoms with E-state index in [9.17, 15) is 0 Å². The van der Waals surface area contributed by atoms with Gasteiger partial charge in [0.25, 0.3) is 0 Å². The van der Waals surface area contributed by atoms with Crippen molar-refractivity contribution in [3.63, 3.8) is 0 Å². The Morgan fingerprint density at radius 2 is 1.95 bits per heavy atom. The standard InChI is InChI=1S/C28H34N8OS/c1-14(2)23-24-17(5)26(18-8-19(9-18)35-11-21(33-34-35)22-12-37-7-6-29-22)38-28(24)32-25(23)20-10-36-27(30-13-31-36)16(4)15(20)3/h10-11,13-14,18-19,22,29,32H,6-9,12H2,1-5H3/t18-,19-,22?. The van der Waals surface area contributed by atoms with Crippen LogP contribution in [0.15, 0.2) is 18.7 Å². The molecule has 1 aliphatic carbocycles. The Bertz CT molecular complexity index is 1640. The second-order valence-electron chi connectivity index (χ2n) is 11.2. The number of hydrogen-bond donors (Lipinski definition) is 2. The van der Waals surface area contributed by atoms with Gasteiger partial charge in [0.15, 0.2) is 5.65 Å². The van der Waals surface area contributed by atoms with Crippen LogP contribution in [0.1, 0.15) is 83.4 Å². The maximum absolute atomic E-state index is 5.60. The Balaban J connectivity index is 1.18. The normalized spacial score (nSPS) is 22.1. The Hall–Kier alpha value is -3.08. The van der Waals surface area contributed by atoms with Crippen molar-refractivity contribution in [1.29, 1.82) is 0 Å². The summed E-state index contributed by atoms with van der Waals surface area (Å²) in [7, 11) is 0. The highest BCUT2D eigenvalue weighted by Crippen LogP contribution is 2.51. The molecule has 10 heteroatoms. The number of aromatic nitrogens is 7. The number of ether oxygens (including phenoxy) is 1. The summed E-state index contributed by atoms with van der Waals surface area (Å²) in [4.78, 5) is 11.1. The third-order valence-electron chi connectivity index (χ3n) is 8.60. The van der Waals surface area contributed by atoms with Gasteiger partial charge in [0, 0.05) is 28.6 Å². The van der Waals surface area contributed by atoms with Crippen LogP contribution in [0.4, 0.5) is 0 Å². The summed E-state index contributed by atoms with van der Waals surface area (Å²) < 4.78 is 9.57. The van der Waals surface area contributed by atoms with E-state index in [1.807, 2.05) is 15.9 Å². The van der Waals surface area contributed by atoms with Crippen molar-refractivity contribution in [2.45, 2.75) is 71.4 Å². The maximum atomic E-state index is 5.60. The molecule has 198 valence electrons. The molecule has 5 aromatic rings. The second kappa shape index (κ2) is 9.00. The topological polar surface area (TPSA) is 97.9 Å². The molecule has 1 saturated heterocycles. The average molecular weight is 531 g/mol. The number of hydrogen-bond acceptors (Lipinski definition) is 7. The van der Waals surface area contributed by atoms with Crippen molar-refractivity contribution in [3.8, 4) is 11.3 Å². The monoisotopic (exact) mass is 530 g/mol. The van der Waals surface area contributed by atoms with Crippen molar-refractivity contribution >= 4 is 27.2 Å². The van der Waals surface area contributed by atoms with Gasteiger partial charge in [0.2, 0.25) is 0 Å². The largest absolute Gasteiger partial charge is 0.378 e. The molecule has 6 heterocycles. The predicted octanol–water partition coefficient (Wildman–Crippen LogP) is 5.36. The maximum Gasteiger partial charge on any atom is 0.158 e. The number of thiophene rings is 1. The zero-order valence-electron chi connectivity index (χ0n) is 22.6. The molecule has 38 heavy (non-hydrogen) atoms. The quantitative estimate of drug-likeness (QED) is 0.318. The molecule has 2 fully saturated rings. The summed E-state index contributed by atoms with van der Waals surface area (Å²) in [6, 6.07) is 0.556. The van der Waals surface area contributed by atoms with Crippen LogP contribution in [0.25, 0.3) is 27.1 Å². The fourth-order valence-corrected chi connectivity index (χ4v) is 7.64. The molecule has 0 aromatic carbocycles. The smallest absolute Gasteiger partial charge is 0.158 e. The molecule has 2 N–H and O–H groups in total. The van der Waals surface area contributed by atoms with Crippen LogP contribution in [0.5, 0.6) is 0 Å². The fraction of sp³-hybridized carbons (Fsp3) is 0.500.